The van der Waals surface area contributed by atoms with Crippen LogP contribution in [-0.4, -0.2) is 29.4 Å². The van der Waals surface area contributed by atoms with Crippen LogP contribution in [-0.2, 0) is 11.2 Å². The van der Waals surface area contributed by atoms with Gasteiger partial charge in [0.1, 0.15) is 0 Å². The minimum Gasteiger partial charge on any atom is -0.392 e. The van der Waals surface area contributed by atoms with Gasteiger partial charge in [-0.1, -0.05) is 40.3 Å². The third-order valence-electron chi connectivity index (χ3n) is 2.09. The molecule has 86 valence electrons. The molecule has 3 nitrogen and oxygen atoms in total. The van der Waals surface area contributed by atoms with Crippen molar-refractivity contribution in [3.8, 4) is 0 Å². The molecule has 5 heteroatoms. The topological polar surface area (TPSA) is 46.3 Å². The van der Waals surface area contributed by atoms with Crippen LogP contribution in [0, 0.1) is 0 Å². The van der Waals surface area contributed by atoms with Gasteiger partial charge in [0.05, 0.1) is 18.0 Å². The molecule has 0 unspecified atom stereocenters. The average Bonchev–Trinajstić information content (AvgIpc) is 2.20. The van der Waals surface area contributed by atoms with Crippen LogP contribution in [0.5, 0.6) is 0 Å². The number of nitrogens with zero attached hydrogens (tertiary/aromatic N) is 1. The van der Waals surface area contributed by atoms with E-state index in [2.05, 4.69) is 15.9 Å². The zero-order chi connectivity index (χ0) is 12.1. The van der Waals surface area contributed by atoms with Crippen molar-refractivity contribution < 1.29 is 4.79 Å². The second-order valence-corrected chi connectivity index (χ2v) is 4.96. The standard InChI is InChI=1S/C11H13BrN2OS/c1-14(7-10(13)16)11(15)6-8-2-4-9(12)5-3-8/h2-5H,6-7H2,1H3,(H2,13,16). The summed E-state index contributed by atoms with van der Waals surface area (Å²) in [6.45, 7) is 0.324. The number of amides is 1. The second-order valence-electron chi connectivity index (χ2n) is 3.52. The van der Waals surface area contributed by atoms with Crippen molar-refractivity contribution in [2.24, 2.45) is 5.73 Å². The zero-order valence-electron chi connectivity index (χ0n) is 8.94. The number of halogens is 1. The molecule has 1 rings (SSSR count). The molecule has 0 heterocycles. The second kappa shape index (κ2) is 5.96. The van der Waals surface area contributed by atoms with Gasteiger partial charge in [0, 0.05) is 11.5 Å². The Morgan fingerprint density at radius 3 is 2.50 bits per heavy atom. The minimum absolute atomic E-state index is 0.00937. The number of hydrogen-bond acceptors (Lipinski definition) is 2. The highest BCUT2D eigenvalue weighted by Crippen LogP contribution is 2.11. The number of carbonyl (C=O) groups excluding carboxylic acids is 1. The van der Waals surface area contributed by atoms with Gasteiger partial charge in [-0.15, -0.1) is 0 Å². The van der Waals surface area contributed by atoms with E-state index in [1.807, 2.05) is 24.3 Å². The molecule has 2 N–H and O–H groups in total. The van der Waals surface area contributed by atoms with Crippen molar-refractivity contribution in [1.82, 2.24) is 4.90 Å². The third-order valence-corrected chi connectivity index (χ3v) is 2.75. The molecule has 1 aromatic rings. The monoisotopic (exact) mass is 300 g/mol. The minimum atomic E-state index is 0.00937. The van der Waals surface area contributed by atoms with Gasteiger partial charge < -0.3 is 10.6 Å². The highest BCUT2D eigenvalue weighted by molar-refractivity contribution is 9.10. The molecule has 0 saturated heterocycles. The maximum absolute atomic E-state index is 11.7. The van der Waals surface area contributed by atoms with Crippen LogP contribution in [0.2, 0.25) is 0 Å². The molecule has 0 radical (unpaired) electrons. The van der Waals surface area contributed by atoms with Gasteiger partial charge in [0.2, 0.25) is 5.91 Å². The summed E-state index contributed by atoms with van der Waals surface area (Å²) in [5.41, 5.74) is 6.35. The Balaban J connectivity index is 2.57. The first-order valence-electron chi connectivity index (χ1n) is 4.75. The SMILES string of the molecule is CN(CC(N)=S)C(=O)Cc1ccc(Br)cc1. The Morgan fingerprint density at radius 2 is 2.00 bits per heavy atom. The quantitative estimate of drug-likeness (QED) is 0.862. The lowest BCUT2D eigenvalue weighted by Crippen LogP contribution is -2.35. The number of hydrogen-bond donors (Lipinski definition) is 1. The van der Waals surface area contributed by atoms with Crippen LogP contribution in [0.4, 0.5) is 0 Å². The number of likely N-dealkylation sites (N-methyl/N-ethyl adjacent to an activating group) is 1. The maximum Gasteiger partial charge on any atom is 0.227 e. The number of nitrogens with two attached hydrogens (primary N) is 1. The average molecular weight is 301 g/mol. The zero-order valence-corrected chi connectivity index (χ0v) is 11.3. The summed E-state index contributed by atoms with van der Waals surface area (Å²) in [5.74, 6) is 0.00937. The lowest BCUT2D eigenvalue weighted by atomic mass is 10.1. The first-order chi connectivity index (χ1) is 7.49. The van der Waals surface area contributed by atoms with Gasteiger partial charge in [-0.05, 0) is 17.7 Å². The molecule has 0 bridgehead atoms. The molecular weight excluding hydrogens is 288 g/mol. The van der Waals surface area contributed by atoms with E-state index in [-0.39, 0.29) is 5.91 Å². The first kappa shape index (κ1) is 13.1. The molecule has 0 aliphatic carbocycles. The van der Waals surface area contributed by atoms with Gasteiger partial charge in [0.25, 0.3) is 0 Å². The van der Waals surface area contributed by atoms with Crippen molar-refractivity contribution in [2.45, 2.75) is 6.42 Å². The lowest BCUT2D eigenvalue weighted by molar-refractivity contribution is -0.128. The largest absolute Gasteiger partial charge is 0.392 e. The fraction of sp³-hybridized carbons (Fsp3) is 0.273. The van der Waals surface area contributed by atoms with E-state index in [9.17, 15) is 4.79 Å². The van der Waals surface area contributed by atoms with E-state index in [0.717, 1.165) is 10.0 Å². The summed E-state index contributed by atoms with van der Waals surface area (Å²) in [4.78, 5) is 13.6. The molecule has 0 saturated carbocycles. The highest BCUT2D eigenvalue weighted by atomic mass is 79.9. The summed E-state index contributed by atoms with van der Waals surface area (Å²) in [5, 5.41) is 0. The summed E-state index contributed by atoms with van der Waals surface area (Å²) < 4.78 is 1.00. The lowest BCUT2D eigenvalue weighted by Gasteiger charge is -2.16. The molecule has 1 aromatic carbocycles. The maximum atomic E-state index is 11.7. The molecule has 0 aromatic heterocycles. The Hall–Kier alpha value is -0.940. The van der Waals surface area contributed by atoms with E-state index in [1.165, 1.54) is 4.90 Å². The summed E-state index contributed by atoms with van der Waals surface area (Å²) >= 11 is 8.09. The van der Waals surface area contributed by atoms with E-state index in [1.54, 1.807) is 7.05 Å². The number of carbonyl (C=O) groups is 1. The van der Waals surface area contributed by atoms with Crippen LogP contribution < -0.4 is 5.73 Å². The van der Waals surface area contributed by atoms with Crippen LogP contribution in [0.3, 0.4) is 0 Å². The van der Waals surface area contributed by atoms with Gasteiger partial charge >= 0.3 is 0 Å². The summed E-state index contributed by atoms with van der Waals surface area (Å²) in [6.07, 6.45) is 0.367. The predicted molar refractivity (Wildman–Crippen MR) is 72.3 cm³/mol. The third kappa shape index (κ3) is 4.28. The fourth-order valence-electron chi connectivity index (χ4n) is 1.23. The van der Waals surface area contributed by atoms with Gasteiger partial charge in [-0.3, -0.25) is 4.79 Å². The van der Waals surface area contributed by atoms with E-state index in [0.29, 0.717) is 18.0 Å². The van der Waals surface area contributed by atoms with Gasteiger partial charge in [-0.2, -0.15) is 0 Å². The normalized spacial score (nSPS) is 9.88. The molecule has 1 amide bonds. The van der Waals surface area contributed by atoms with Crippen LogP contribution in [0.25, 0.3) is 0 Å². The van der Waals surface area contributed by atoms with Crippen molar-refractivity contribution in [3.63, 3.8) is 0 Å². The molecule has 16 heavy (non-hydrogen) atoms. The molecule has 0 aliphatic heterocycles. The fourth-order valence-corrected chi connectivity index (χ4v) is 1.69. The molecule has 0 spiro atoms. The van der Waals surface area contributed by atoms with E-state index >= 15 is 0 Å². The molecule has 0 fully saturated rings. The van der Waals surface area contributed by atoms with Gasteiger partial charge in [-0.25, -0.2) is 0 Å². The van der Waals surface area contributed by atoms with Crippen molar-refractivity contribution in [2.75, 3.05) is 13.6 Å². The van der Waals surface area contributed by atoms with Gasteiger partial charge in [0.15, 0.2) is 0 Å². The molecular formula is C11H13BrN2OS. The van der Waals surface area contributed by atoms with Crippen molar-refractivity contribution >= 4 is 39.0 Å². The molecule has 0 aliphatic rings. The highest BCUT2D eigenvalue weighted by Gasteiger charge is 2.09. The summed E-state index contributed by atoms with van der Waals surface area (Å²) in [7, 11) is 1.69. The Kier molecular flexibility index (Phi) is 4.89. The van der Waals surface area contributed by atoms with Crippen molar-refractivity contribution in [3.05, 3.63) is 34.3 Å². The van der Waals surface area contributed by atoms with Crippen molar-refractivity contribution in [1.29, 1.82) is 0 Å². The van der Waals surface area contributed by atoms with Crippen LogP contribution in [0.15, 0.2) is 28.7 Å². The first-order valence-corrected chi connectivity index (χ1v) is 5.96. The van der Waals surface area contributed by atoms with E-state index in [4.69, 9.17) is 18.0 Å². The molecule has 0 atom stereocenters. The van der Waals surface area contributed by atoms with Crippen LogP contribution >= 0.6 is 28.1 Å². The number of rotatable bonds is 4. The Labute approximate surface area is 109 Å². The smallest absolute Gasteiger partial charge is 0.227 e. The Morgan fingerprint density at radius 1 is 1.44 bits per heavy atom. The Bertz CT molecular complexity index is 391. The summed E-state index contributed by atoms with van der Waals surface area (Å²) in [6, 6.07) is 7.65. The van der Waals surface area contributed by atoms with E-state index < -0.39 is 0 Å². The number of benzene rings is 1. The number of thiocarbonyl (C=S) groups is 1. The predicted octanol–water partition coefficient (Wildman–Crippen LogP) is 1.74. The van der Waals surface area contributed by atoms with Crippen LogP contribution in [0.1, 0.15) is 5.56 Å².